The van der Waals surface area contributed by atoms with Crippen LogP contribution < -0.4 is 19.3 Å². The number of carbonyl (C=O) groups is 1. The molecular weight excluding hydrogens is 482 g/mol. The first-order valence-corrected chi connectivity index (χ1v) is 13.9. The Morgan fingerprint density at radius 3 is 2.29 bits per heavy atom. The van der Waals surface area contributed by atoms with Gasteiger partial charge in [-0.1, -0.05) is 30.3 Å². The van der Waals surface area contributed by atoms with Crippen molar-refractivity contribution >= 4 is 39.1 Å². The van der Waals surface area contributed by atoms with E-state index in [0.717, 1.165) is 14.9 Å². The van der Waals surface area contributed by atoms with Gasteiger partial charge in [0.25, 0.3) is 10.0 Å². The average Bonchev–Trinajstić information content (AvgIpc) is 2.88. The van der Waals surface area contributed by atoms with Crippen molar-refractivity contribution in [2.24, 2.45) is 0 Å². The zero-order chi connectivity index (χ0) is 25.3. The molecule has 0 aliphatic heterocycles. The van der Waals surface area contributed by atoms with Crippen LogP contribution in [0.1, 0.15) is 6.92 Å². The number of thioether (sulfide) groups is 1. The Morgan fingerprint density at radius 2 is 1.63 bits per heavy atom. The van der Waals surface area contributed by atoms with Crippen molar-refractivity contribution in [1.82, 2.24) is 5.32 Å². The number of benzene rings is 3. The van der Waals surface area contributed by atoms with E-state index in [-0.39, 0.29) is 11.4 Å². The van der Waals surface area contributed by atoms with Gasteiger partial charge in [0.2, 0.25) is 5.91 Å². The molecule has 35 heavy (non-hydrogen) atoms. The number of amides is 1. The van der Waals surface area contributed by atoms with Gasteiger partial charge in [-0.05, 0) is 61.7 Å². The summed E-state index contributed by atoms with van der Waals surface area (Å²) in [6.07, 6.45) is 1.92. The number of hydrogen-bond donors (Lipinski definition) is 1. The minimum atomic E-state index is -4.03. The van der Waals surface area contributed by atoms with Crippen LogP contribution in [0, 0.1) is 0 Å². The van der Waals surface area contributed by atoms with Crippen LogP contribution in [0.15, 0.2) is 88.7 Å². The maximum atomic E-state index is 13.7. The van der Waals surface area contributed by atoms with E-state index in [1.807, 2.05) is 55.5 Å². The molecule has 0 aliphatic carbocycles. The van der Waals surface area contributed by atoms with Crippen molar-refractivity contribution in [2.75, 3.05) is 48.7 Å². The van der Waals surface area contributed by atoms with E-state index in [1.165, 1.54) is 11.8 Å². The first-order valence-electron chi connectivity index (χ1n) is 11.3. The number of nitrogens with one attached hydrogen (secondary N) is 1. The topological polar surface area (TPSA) is 79.0 Å². The van der Waals surface area contributed by atoms with Crippen LogP contribution in [-0.4, -0.2) is 53.9 Å². The second-order valence-electron chi connectivity index (χ2n) is 7.70. The van der Waals surface area contributed by atoms with E-state index in [0.29, 0.717) is 31.1 Å². The highest BCUT2D eigenvalue weighted by molar-refractivity contribution is 7.98. The number of likely N-dealkylation sites (N-methyl/N-ethyl adjacent to an activating group) is 1. The van der Waals surface area contributed by atoms with Crippen LogP contribution >= 0.6 is 11.8 Å². The summed E-state index contributed by atoms with van der Waals surface area (Å²) in [6, 6.07) is 23.3. The second-order valence-corrected chi connectivity index (χ2v) is 10.4. The molecule has 0 saturated carbocycles. The molecule has 0 aliphatic rings. The van der Waals surface area contributed by atoms with E-state index in [9.17, 15) is 13.2 Å². The van der Waals surface area contributed by atoms with Gasteiger partial charge >= 0.3 is 0 Å². The number of ether oxygens (including phenoxy) is 1. The summed E-state index contributed by atoms with van der Waals surface area (Å²) in [5, 5.41) is 2.85. The Morgan fingerprint density at radius 1 is 0.971 bits per heavy atom. The lowest BCUT2D eigenvalue weighted by molar-refractivity contribution is -0.119. The van der Waals surface area contributed by atoms with Crippen molar-refractivity contribution < 1.29 is 17.9 Å². The average molecular weight is 514 g/mol. The van der Waals surface area contributed by atoms with Gasteiger partial charge in [0.1, 0.15) is 12.3 Å². The number of anilines is 2. The van der Waals surface area contributed by atoms with E-state index in [2.05, 4.69) is 5.32 Å². The third-order valence-corrected chi connectivity index (χ3v) is 7.85. The monoisotopic (exact) mass is 513 g/mol. The Bertz CT molecular complexity index is 1200. The molecule has 0 bridgehead atoms. The molecule has 0 aromatic heterocycles. The van der Waals surface area contributed by atoms with E-state index in [1.54, 1.807) is 48.5 Å². The molecule has 1 N–H and O–H groups in total. The summed E-state index contributed by atoms with van der Waals surface area (Å²) < 4.78 is 34.1. The molecule has 0 unspecified atom stereocenters. The number of nitrogens with zero attached hydrogens (tertiary/aromatic N) is 2. The molecule has 0 fully saturated rings. The van der Waals surface area contributed by atoms with Crippen molar-refractivity contribution in [3.8, 4) is 5.75 Å². The fourth-order valence-electron chi connectivity index (χ4n) is 3.48. The van der Waals surface area contributed by atoms with Crippen LogP contribution in [0.2, 0.25) is 0 Å². The third-order valence-electron chi connectivity index (χ3n) is 5.33. The fourth-order valence-corrected chi connectivity index (χ4v) is 5.32. The Balaban J connectivity index is 1.81. The van der Waals surface area contributed by atoms with Crippen LogP contribution in [0.3, 0.4) is 0 Å². The standard InChI is InChI=1S/C26H31N3O4S2/c1-4-33-25-13-9-8-12-24(25)29(35(31,32)23-16-14-22(34-3)15-17-23)20-26(30)27-18-19-28(2)21-10-6-5-7-11-21/h5-17H,4,18-20H2,1-3H3,(H,27,30). The lowest BCUT2D eigenvalue weighted by Crippen LogP contribution is -2.43. The smallest absolute Gasteiger partial charge is 0.264 e. The molecule has 7 nitrogen and oxygen atoms in total. The van der Waals surface area contributed by atoms with E-state index in [4.69, 9.17) is 4.74 Å². The van der Waals surface area contributed by atoms with Gasteiger partial charge in [-0.15, -0.1) is 11.8 Å². The normalized spacial score (nSPS) is 11.1. The second kappa shape index (κ2) is 12.5. The number of rotatable bonds is 12. The number of sulfonamides is 1. The SMILES string of the molecule is CCOc1ccccc1N(CC(=O)NCCN(C)c1ccccc1)S(=O)(=O)c1ccc(SC)cc1. The van der Waals surface area contributed by atoms with Crippen LogP contribution in [0.4, 0.5) is 11.4 Å². The van der Waals surface area contributed by atoms with Gasteiger partial charge in [0.05, 0.1) is 17.2 Å². The number of carbonyl (C=O) groups excluding carboxylic acids is 1. The Hall–Kier alpha value is -3.17. The maximum absolute atomic E-state index is 13.7. The van der Waals surface area contributed by atoms with Gasteiger partial charge < -0.3 is 15.0 Å². The van der Waals surface area contributed by atoms with Crippen LogP contribution in [0.25, 0.3) is 0 Å². The third kappa shape index (κ3) is 6.93. The largest absolute Gasteiger partial charge is 0.492 e. The lowest BCUT2D eigenvalue weighted by Gasteiger charge is -2.26. The van der Waals surface area contributed by atoms with Crippen molar-refractivity contribution in [3.63, 3.8) is 0 Å². The zero-order valence-corrected chi connectivity index (χ0v) is 21.8. The highest BCUT2D eigenvalue weighted by atomic mass is 32.2. The van der Waals surface area contributed by atoms with Crippen LogP contribution in [-0.2, 0) is 14.8 Å². The molecule has 0 saturated heterocycles. The highest BCUT2D eigenvalue weighted by Crippen LogP contribution is 2.32. The van der Waals surface area contributed by atoms with Crippen LogP contribution in [0.5, 0.6) is 5.75 Å². The van der Waals surface area contributed by atoms with Crippen molar-refractivity contribution in [1.29, 1.82) is 0 Å². The molecule has 186 valence electrons. The predicted octanol–water partition coefficient (Wildman–Crippen LogP) is 4.26. The van der Waals surface area contributed by atoms with E-state index >= 15 is 0 Å². The van der Waals surface area contributed by atoms with E-state index < -0.39 is 15.9 Å². The molecule has 3 aromatic rings. The predicted molar refractivity (Wildman–Crippen MR) is 143 cm³/mol. The summed E-state index contributed by atoms with van der Waals surface area (Å²) in [4.78, 5) is 16.0. The Labute approximate surface area is 212 Å². The van der Waals surface area contributed by atoms with Gasteiger partial charge in [0.15, 0.2) is 0 Å². The van der Waals surface area contributed by atoms with Gasteiger partial charge in [-0.25, -0.2) is 8.42 Å². The van der Waals surface area contributed by atoms with Gasteiger partial charge in [-0.3, -0.25) is 9.10 Å². The first-order chi connectivity index (χ1) is 16.9. The molecule has 9 heteroatoms. The summed E-state index contributed by atoms with van der Waals surface area (Å²) >= 11 is 1.53. The lowest BCUT2D eigenvalue weighted by atomic mass is 10.3. The minimum absolute atomic E-state index is 0.109. The molecule has 1 amide bonds. The van der Waals surface area contributed by atoms with Gasteiger partial charge in [-0.2, -0.15) is 0 Å². The minimum Gasteiger partial charge on any atom is -0.492 e. The summed E-state index contributed by atoms with van der Waals surface area (Å²) in [5.41, 5.74) is 1.35. The van der Waals surface area contributed by atoms with Crippen molar-refractivity contribution in [2.45, 2.75) is 16.7 Å². The quantitative estimate of drug-likeness (QED) is 0.365. The Kier molecular flexibility index (Phi) is 9.45. The van der Waals surface area contributed by atoms with Gasteiger partial charge in [0, 0.05) is 30.7 Å². The molecular formula is C26H31N3O4S2. The summed E-state index contributed by atoms with van der Waals surface area (Å²) in [6.45, 7) is 2.77. The molecule has 0 heterocycles. The molecule has 0 atom stereocenters. The molecule has 3 rings (SSSR count). The summed E-state index contributed by atoms with van der Waals surface area (Å²) in [7, 11) is -2.09. The maximum Gasteiger partial charge on any atom is 0.264 e. The molecule has 0 spiro atoms. The molecule has 0 radical (unpaired) electrons. The first kappa shape index (κ1) is 26.4. The fraction of sp³-hybridized carbons (Fsp3) is 0.269. The highest BCUT2D eigenvalue weighted by Gasteiger charge is 2.29. The van der Waals surface area contributed by atoms with Crippen molar-refractivity contribution in [3.05, 3.63) is 78.9 Å². The summed E-state index contributed by atoms with van der Waals surface area (Å²) in [5.74, 6) is -0.00186. The zero-order valence-electron chi connectivity index (χ0n) is 20.2. The number of hydrogen-bond acceptors (Lipinski definition) is 6. The molecule has 3 aromatic carbocycles. The number of para-hydroxylation sites is 3.